The van der Waals surface area contributed by atoms with E-state index in [1.807, 2.05) is 0 Å². The first-order valence-electron chi connectivity index (χ1n) is 6.56. The lowest BCUT2D eigenvalue weighted by molar-refractivity contribution is -0.119. The normalized spacial score (nSPS) is 10.1. The van der Waals surface area contributed by atoms with Crippen molar-refractivity contribution in [3.05, 3.63) is 63.6 Å². The molecule has 0 radical (unpaired) electrons. The Hall–Kier alpha value is -2.04. The molecule has 0 fully saturated rings. The smallest absolute Gasteiger partial charge is 0.255 e. The molecule has 114 valence electrons. The van der Waals surface area contributed by atoms with Crippen molar-refractivity contribution in [1.29, 1.82) is 0 Å². The van der Waals surface area contributed by atoms with Gasteiger partial charge < -0.3 is 10.6 Å². The molecule has 0 spiro atoms. The Balaban J connectivity index is 2.06. The van der Waals surface area contributed by atoms with Crippen LogP contribution in [0.3, 0.4) is 0 Å². The third-order valence-corrected chi connectivity index (χ3v) is 3.78. The van der Waals surface area contributed by atoms with E-state index in [-0.39, 0.29) is 11.8 Å². The van der Waals surface area contributed by atoms with Gasteiger partial charge in [-0.25, -0.2) is 0 Å². The van der Waals surface area contributed by atoms with Gasteiger partial charge in [-0.3, -0.25) is 9.59 Å². The van der Waals surface area contributed by atoms with Gasteiger partial charge in [0.15, 0.2) is 0 Å². The molecule has 2 rings (SSSR count). The maximum absolute atomic E-state index is 12.2. The SMILES string of the molecule is CC(=O)NCc1ccc(C(=O)Nc2cccc(Cl)c2Cl)cc1. The van der Waals surface area contributed by atoms with Crippen molar-refractivity contribution in [3.63, 3.8) is 0 Å². The molecule has 0 bridgehead atoms. The minimum absolute atomic E-state index is 0.0996. The second kappa shape index (κ2) is 7.29. The summed E-state index contributed by atoms with van der Waals surface area (Å²) >= 11 is 11.9. The average molecular weight is 337 g/mol. The van der Waals surface area contributed by atoms with Gasteiger partial charge in [0.05, 0.1) is 15.7 Å². The molecule has 0 saturated heterocycles. The van der Waals surface area contributed by atoms with Gasteiger partial charge in [-0.2, -0.15) is 0 Å². The summed E-state index contributed by atoms with van der Waals surface area (Å²) in [5.41, 5.74) is 1.86. The molecule has 22 heavy (non-hydrogen) atoms. The van der Waals surface area contributed by atoms with Crippen LogP contribution >= 0.6 is 23.2 Å². The minimum atomic E-state index is -0.282. The maximum Gasteiger partial charge on any atom is 0.255 e. The van der Waals surface area contributed by atoms with Crippen molar-refractivity contribution < 1.29 is 9.59 Å². The third kappa shape index (κ3) is 4.23. The summed E-state index contributed by atoms with van der Waals surface area (Å²) < 4.78 is 0. The maximum atomic E-state index is 12.2. The molecule has 6 heteroatoms. The topological polar surface area (TPSA) is 58.2 Å². The Kier molecular flexibility index (Phi) is 5.41. The molecule has 0 aliphatic rings. The second-order valence-corrected chi connectivity index (χ2v) is 5.45. The summed E-state index contributed by atoms with van der Waals surface area (Å²) in [5, 5.41) is 6.09. The van der Waals surface area contributed by atoms with Crippen molar-refractivity contribution in [3.8, 4) is 0 Å². The van der Waals surface area contributed by atoms with Crippen LogP contribution in [0.1, 0.15) is 22.8 Å². The lowest BCUT2D eigenvalue weighted by Crippen LogP contribution is -2.19. The monoisotopic (exact) mass is 336 g/mol. The molecule has 0 saturated carbocycles. The zero-order chi connectivity index (χ0) is 16.1. The molecule has 0 heterocycles. The Morgan fingerprint density at radius 3 is 2.36 bits per heavy atom. The van der Waals surface area contributed by atoms with Crippen molar-refractivity contribution >= 4 is 40.7 Å². The van der Waals surface area contributed by atoms with Crippen LogP contribution in [0.5, 0.6) is 0 Å². The zero-order valence-electron chi connectivity index (χ0n) is 11.8. The zero-order valence-corrected chi connectivity index (χ0v) is 13.3. The van der Waals surface area contributed by atoms with Crippen LogP contribution in [0.15, 0.2) is 42.5 Å². The van der Waals surface area contributed by atoms with Gasteiger partial charge >= 0.3 is 0 Å². The number of halogens is 2. The average Bonchev–Trinajstić information content (AvgIpc) is 2.50. The highest BCUT2D eigenvalue weighted by molar-refractivity contribution is 6.44. The number of hydrogen-bond acceptors (Lipinski definition) is 2. The standard InChI is InChI=1S/C16H14Cl2N2O2/c1-10(21)19-9-11-5-7-12(8-6-11)16(22)20-14-4-2-3-13(17)15(14)18/h2-8H,9H2,1H3,(H,19,21)(H,20,22). The van der Waals surface area contributed by atoms with Crippen molar-refractivity contribution in [1.82, 2.24) is 5.32 Å². The van der Waals surface area contributed by atoms with Crippen LogP contribution < -0.4 is 10.6 Å². The quantitative estimate of drug-likeness (QED) is 0.889. The highest BCUT2D eigenvalue weighted by atomic mass is 35.5. The van der Waals surface area contributed by atoms with Crippen molar-refractivity contribution in [2.45, 2.75) is 13.5 Å². The van der Waals surface area contributed by atoms with E-state index in [9.17, 15) is 9.59 Å². The lowest BCUT2D eigenvalue weighted by Gasteiger charge is -2.09. The molecule has 2 aromatic carbocycles. The molecule has 0 atom stereocenters. The van der Waals surface area contributed by atoms with Crippen LogP contribution in [0.4, 0.5) is 5.69 Å². The summed E-state index contributed by atoms with van der Waals surface area (Å²) in [6.45, 7) is 1.88. The van der Waals surface area contributed by atoms with E-state index in [1.54, 1.807) is 42.5 Å². The number of carbonyl (C=O) groups is 2. The predicted molar refractivity (Wildman–Crippen MR) is 88.4 cm³/mol. The largest absolute Gasteiger partial charge is 0.352 e. The fraction of sp³-hybridized carbons (Fsp3) is 0.125. The fourth-order valence-corrected chi connectivity index (χ4v) is 2.14. The van der Waals surface area contributed by atoms with Gasteiger partial charge in [0.1, 0.15) is 0 Å². The minimum Gasteiger partial charge on any atom is -0.352 e. The van der Waals surface area contributed by atoms with Crippen molar-refractivity contribution in [2.75, 3.05) is 5.32 Å². The molecular weight excluding hydrogens is 323 g/mol. The van der Waals surface area contributed by atoms with Gasteiger partial charge in [0.2, 0.25) is 5.91 Å². The van der Waals surface area contributed by atoms with E-state index in [0.717, 1.165) is 5.56 Å². The number of nitrogens with one attached hydrogen (secondary N) is 2. The van der Waals surface area contributed by atoms with Gasteiger partial charge in [-0.15, -0.1) is 0 Å². The molecule has 0 unspecified atom stereocenters. The van der Waals surface area contributed by atoms with Crippen LogP contribution in [0.2, 0.25) is 10.0 Å². The summed E-state index contributed by atoms with van der Waals surface area (Å²) in [7, 11) is 0. The molecule has 2 N–H and O–H groups in total. The summed E-state index contributed by atoms with van der Waals surface area (Å²) in [4.78, 5) is 23.0. The van der Waals surface area contributed by atoms with Gasteiger partial charge in [0.25, 0.3) is 5.91 Å². The van der Waals surface area contributed by atoms with E-state index in [0.29, 0.717) is 27.8 Å². The highest BCUT2D eigenvalue weighted by Gasteiger charge is 2.10. The van der Waals surface area contributed by atoms with Gasteiger partial charge in [0, 0.05) is 19.0 Å². The first-order chi connectivity index (χ1) is 10.5. The number of anilines is 1. The van der Waals surface area contributed by atoms with Crippen LogP contribution in [-0.2, 0) is 11.3 Å². The first-order valence-corrected chi connectivity index (χ1v) is 7.31. The lowest BCUT2D eigenvalue weighted by atomic mass is 10.1. The van der Waals surface area contributed by atoms with E-state index in [2.05, 4.69) is 10.6 Å². The molecule has 2 amide bonds. The molecule has 0 aromatic heterocycles. The molecule has 4 nitrogen and oxygen atoms in total. The number of benzene rings is 2. The number of amides is 2. The van der Waals surface area contributed by atoms with E-state index < -0.39 is 0 Å². The Labute approximate surface area is 138 Å². The molecule has 2 aromatic rings. The number of hydrogen-bond donors (Lipinski definition) is 2. The Morgan fingerprint density at radius 1 is 1.05 bits per heavy atom. The number of carbonyl (C=O) groups excluding carboxylic acids is 2. The van der Waals surface area contributed by atoms with Gasteiger partial charge in [-0.05, 0) is 29.8 Å². The Bertz CT molecular complexity index is 700. The third-order valence-electron chi connectivity index (χ3n) is 2.96. The van der Waals surface area contributed by atoms with Crippen LogP contribution in [0, 0.1) is 0 Å². The first kappa shape index (κ1) is 16.3. The highest BCUT2D eigenvalue weighted by Crippen LogP contribution is 2.29. The molecule has 0 aliphatic carbocycles. The predicted octanol–water partition coefficient (Wildman–Crippen LogP) is 3.88. The Morgan fingerprint density at radius 2 is 1.73 bits per heavy atom. The molecule has 0 aliphatic heterocycles. The number of rotatable bonds is 4. The second-order valence-electron chi connectivity index (χ2n) is 4.66. The van der Waals surface area contributed by atoms with E-state index in [1.165, 1.54) is 6.92 Å². The van der Waals surface area contributed by atoms with Crippen LogP contribution in [-0.4, -0.2) is 11.8 Å². The van der Waals surface area contributed by atoms with Gasteiger partial charge in [-0.1, -0.05) is 41.4 Å². The van der Waals surface area contributed by atoms with Crippen molar-refractivity contribution in [2.24, 2.45) is 0 Å². The van der Waals surface area contributed by atoms with E-state index >= 15 is 0 Å². The summed E-state index contributed by atoms with van der Waals surface area (Å²) in [5.74, 6) is -0.382. The van der Waals surface area contributed by atoms with E-state index in [4.69, 9.17) is 23.2 Å². The summed E-state index contributed by atoms with van der Waals surface area (Å²) in [6.07, 6.45) is 0. The van der Waals surface area contributed by atoms with Crippen LogP contribution in [0.25, 0.3) is 0 Å². The molecular formula is C16H14Cl2N2O2. The fourth-order valence-electron chi connectivity index (χ4n) is 1.80. The summed E-state index contributed by atoms with van der Waals surface area (Å²) in [6, 6.07) is 12.0.